The average molecular weight is 486 g/mol. The van der Waals surface area contributed by atoms with Crippen LogP contribution in [0.3, 0.4) is 0 Å². The molecule has 1 N–H and O–H groups in total. The quantitative estimate of drug-likeness (QED) is 0.430. The van der Waals surface area contributed by atoms with Crippen LogP contribution in [-0.4, -0.2) is 14.8 Å². The topological polar surface area (TPSA) is 141 Å². The minimum Gasteiger partial charge on any atom is -0.343 e. The third kappa shape index (κ3) is 4.12. The number of nitro groups is 3. The lowest BCUT2D eigenvalue weighted by molar-refractivity contribution is -0.392. The summed E-state index contributed by atoms with van der Waals surface area (Å²) in [5, 5.41) is 34.2. The maximum atomic E-state index is 13.1. The fourth-order valence-electron chi connectivity index (χ4n) is 2.13. The molecule has 0 aromatic heterocycles. The van der Waals surface area contributed by atoms with Crippen LogP contribution in [0.2, 0.25) is 5.02 Å². The fraction of sp³-hybridized carbons (Fsp3) is 0.0769. The Morgan fingerprint density at radius 1 is 1.00 bits per heavy atom. The van der Waals surface area contributed by atoms with Crippen molar-refractivity contribution in [3.63, 3.8) is 0 Å². The Labute approximate surface area is 165 Å². The van der Waals surface area contributed by atoms with E-state index < -0.39 is 48.6 Å². The van der Waals surface area contributed by atoms with Gasteiger partial charge in [-0.3, -0.25) is 30.3 Å². The molecule has 0 amide bonds. The molecule has 0 atom stereocenters. The van der Waals surface area contributed by atoms with E-state index in [9.17, 15) is 43.5 Å². The summed E-state index contributed by atoms with van der Waals surface area (Å²) in [6, 6.07) is 3.10. The Kier molecular flexibility index (Phi) is 5.75. The molecule has 0 heterocycles. The van der Waals surface area contributed by atoms with Crippen molar-refractivity contribution in [3.8, 4) is 0 Å². The molecule has 15 heteroatoms. The second-order valence-corrected chi connectivity index (χ2v) is 6.27. The zero-order valence-electron chi connectivity index (χ0n) is 13.0. The van der Waals surface area contributed by atoms with Gasteiger partial charge in [-0.2, -0.15) is 13.2 Å². The molecule has 0 bridgehead atoms. The molecule has 0 unspecified atom stereocenters. The Balaban J connectivity index is 2.76. The van der Waals surface area contributed by atoms with Gasteiger partial charge in [0.05, 0.1) is 26.0 Å². The van der Waals surface area contributed by atoms with Gasteiger partial charge in [-0.05, 0) is 22.0 Å². The second kappa shape index (κ2) is 7.55. The summed E-state index contributed by atoms with van der Waals surface area (Å²) in [4.78, 5) is 30.0. The van der Waals surface area contributed by atoms with Crippen molar-refractivity contribution in [3.05, 3.63) is 69.7 Å². The monoisotopic (exact) mass is 484 g/mol. The van der Waals surface area contributed by atoms with Crippen molar-refractivity contribution in [2.45, 2.75) is 6.18 Å². The van der Waals surface area contributed by atoms with E-state index in [2.05, 4.69) is 21.2 Å². The molecule has 0 saturated carbocycles. The van der Waals surface area contributed by atoms with Crippen LogP contribution in [0, 0.1) is 30.3 Å². The number of nitrogens with zero attached hydrogens (tertiary/aromatic N) is 3. The number of nitrogens with one attached hydrogen (secondary N) is 1. The van der Waals surface area contributed by atoms with E-state index in [1.54, 1.807) is 0 Å². The van der Waals surface area contributed by atoms with Gasteiger partial charge in [0.2, 0.25) is 0 Å². The maximum absolute atomic E-state index is 13.1. The van der Waals surface area contributed by atoms with Crippen LogP contribution in [0.4, 0.5) is 41.6 Å². The molecule has 148 valence electrons. The smallest absolute Gasteiger partial charge is 0.343 e. The van der Waals surface area contributed by atoms with Crippen LogP contribution in [-0.2, 0) is 6.18 Å². The molecule has 10 nitrogen and oxygen atoms in total. The summed E-state index contributed by atoms with van der Waals surface area (Å²) < 4.78 is 39.1. The highest BCUT2D eigenvalue weighted by molar-refractivity contribution is 9.10. The third-order valence-electron chi connectivity index (χ3n) is 3.33. The third-order valence-corrected chi connectivity index (χ3v) is 4.36. The number of alkyl halides is 3. The predicted molar refractivity (Wildman–Crippen MR) is 93.8 cm³/mol. The predicted octanol–water partition coefficient (Wildman–Crippen LogP) is 5.59. The van der Waals surface area contributed by atoms with Crippen molar-refractivity contribution in [2.75, 3.05) is 5.32 Å². The van der Waals surface area contributed by atoms with Gasteiger partial charge in [-0.15, -0.1) is 0 Å². The molecule has 0 fully saturated rings. The van der Waals surface area contributed by atoms with Crippen molar-refractivity contribution < 1.29 is 27.9 Å². The van der Waals surface area contributed by atoms with Crippen molar-refractivity contribution in [1.82, 2.24) is 0 Å². The molecule has 0 aliphatic rings. The second-order valence-electron chi connectivity index (χ2n) is 5.04. The first kappa shape index (κ1) is 21.3. The number of nitro benzene ring substituents is 3. The lowest BCUT2D eigenvalue weighted by Crippen LogP contribution is -2.11. The number of non-ortho nitro benzene ring substituents is 1. The molecule has 28 heavy (non-hydrogen) atoms. The van der Waals surface area contributed by atoms with Gasteiger partial charge in [0.1, 0.15) is 5.02 Å². The fourth-order valence-corrected chi connectivity index (χ4v) is 2.92. The van der Waals surface area contributed by atoms with Crippen molar-refractivity contribution in [1.29, 1.82) is 0 Å². The number of hydrogen-bond acceptors (Lipinski definition) is 7. The molecule has 2 aromatic rings. The van der Waals surface area contributed by atoms with E-state index in [0.29, 0.717) is 0 Å². The van der Waals surface area contributed by atoms with Crippen LogP contribution in [0.25, 0.3) is 0 Å². The maximum Gasteiger partial charge on any atom is 0.418 e. The van der Waals surface area contributed by atoms with Gasteiger partial charge in [0, 0.05) is 22.7 Å². The zero-order valence-corrected chi connectivity index (χ0v) is 15.3. The van der Waals surface area contributed by atoms with E-state index in [0.717, 1.165) is 18.2 Å². The van der Waals surface area contributed by atoms with Crippen LogP contribution >= 0.6 is 27.5 Å². The minimum atomic E-state index is -5.18. The molecule has 2 rings (SSSR count). The van der Waals surface area contributed by atoms with Crippen LogP contribution in [0.15, 0.2) is 28.7 Å². The Morgan fingerprint density at radius 3 is 2.04 bits per heavy atom. The summed E-state index contributed by atoms with van der Waals surface area (Å²) in [5.74, 6) is 0. The van der Waals surface area contributed by atoms with Crippen molar-refractivity contribution in [2.24, 2.45) is 0 Å². The van der Waals surface area contributed by atoms with Crippen LogP contribution in [0.5, 0.6) is 0 Å². The number of halogens is 5. The van der Waals surface area contributed by atoms with Gasteiger partial charge in [0.25, 0.3) is 5.69 Å². The van der Waals surface area contributed by atoms with Crippen molar-refractivity contribution >= 4 is 56.0 Å². The molecule has 0 aliphatic carbocycles. The largest absolute Gasteiger partial charge is 0.418 e. The van der Waals surface area contributed by atoms with Gasteiger partial charge >= 0.3 is 17.6 Å². The average Bonchev–Trinajstić information content (AvgIpc) is 2.54. The summed E-state index contributed by atoms with van der Waals surface area (Å²) in [5.41, 5.74) is -5.77. The summed E-state index contributed by atoms with van der Waals surface area (Å²) in [7, 11) is 0. The van der Waals surface area contributed by atoms with Crippen LogP contribution < -0.4 is 5.32 Å². The molecule has 0 radical (unpaired) electrons. The zero-order chi connectivity index (χ0) is 21.4. The lowest BCUT2D eigenvalue weighted by Gasteiger charge is -2.14. The molecule has 0 saturated heterocycles. The standard InChI is InChI=1S/C13H5BrClF3N4O6/c14-7-3-5(20(23)24)1-2-8(7)19-11-9(21(25)26)4-6(13(16,17)18)10(15)12(11)22(27)28/h1-4,19H. The molecule has 0 spiro atoms. The number of rotatable bonds is 5. The van der Waals surface area contributed by atoms with Gasteiger partial charge in [0.15, 0.2) is 5.69 Å². The Hall–Kier alpha value is -3.00. The first-order valence-corrected chi connectivity index (χ1v) is 7.95. The van der Waals surface area contributed by atoms with E-state index in [1.165, 1.54) is 0 Å². The Bertz CT molecular complexity index is 1020. The highest BCUT2D eigenvalue weighted by atomic mass is 79.9. The molecular weight excluding hydrogens is 481 g/mol. The van der Waals surface area contributed by atoms with E-state index >= 15 is 0 Å². The van der Waals surface area contributed by atoms with E-state index in [4.69, 9.17) is 11.6 Å². The summed E-state index contributed by atoms with van der Waals surface area (Å²) in [6.07, 6.45) is -5.18. The SMILES string of the molecule is O=[N+]([O-])c1ccc(Nc2c([N+](=O)[O-])cc(C(F)(F)F)c(Cl)c2[N+](=O)[O-])c(Br)c1. The first-order chi connectivity index (χ1) is 12.8. The van der Waals surface area contributed by atoms with Crippen LogP contribution in [0.1, 0.15) is 5.56 Å². The van der Waals surface area contributed by atoms with E-state index in [1.807, 2.05) is 0 Å². The minimum absolute atomic E-state index is 0.0266. The van der Waals surface area contributed by atoms with E-state index in [-0.39, 0.29) is 21.9 Å². The summed E-state index contributed by atoms with van der Waals surface area (Å²) >= 11 is 8.46. The molecular formula is C13H5BrClF3N4O6. The highest BCUT2D eigenvalue weighted by Crippen LogP contribution is 2.48. The molecule has 2 aromatic carbocycles. The number of anilines is 2. The van der Waals surface area contributed by atoms with Gasteiger partial charge in [-0.1, -0.05) is 11.6 Å². The van der Waals surface area contributed by atoms with Gasteiger partial charge < -0.3 is 5.32 Å². The highest BCUT2D eigenvalue weighted by Gasteiger charge is 2.42. The number of benzene rings is 2. The summed E-state index contributed by atoms with van der Waals surface area (Å²) in [6.45, 7) is 0. The first-order valence-electron chi connectivity index (χ1n) is 6.78. The normalized spacial score (nSPS) is 11.2. The van der Waals surface area contributed by atoms with Gasteiger partial charge in [-0.25, -0.2) is 0 Å². The Morgan fingerprint density at radius 2 is 1.61 bits per heavy atom. The molecule has 0 aliphatic heterocycles. The lowest BCUT2D eigenvalue weighted by atomic mass is 10.1. The number of hydrogen-bond donors (Lipinski definition) is 1.